The third-order valence-electron chi connectivity index (χ3n) is 3.32. The summed E-state index contributed by atoms with van der Waals surface area (Å²) < 4.78 is 0. The normalized spacial score (nSPS) is 19.1. The van der Waals surface area contributed by atoms with Crippen LogP contribution in [0, 0.1) is 5.92 Å². The van der Waals surface area contributed by atoms with Crippen molar-refractivity contribution in [2.75, 3.05) is 0 Å². The molecule has 2 N–H and O–H groups in total. The van der Waals surface area contributed by atoms with Crippen LogP contribution in [-0.2, 0) is 11.2 Å². The second-order valence-electron chi connectivity index (χ2n) is 5.25. The molecule has 0 saturated carbocycles. The van der Waals surface area contributed by atoms with Crippen molar-refractivity contribution in [2.45, 2.75) is 52.0 Å². The number of carbonyl (C=O) groups is 1. The Morgan fingerprint density at radius 2 is 2.47 bits per heavy atom. The number of nitrogens with one attached hydrogen (secondary N) is 2. The summed E-state index contributed by atoms with van der Waals surface area (Å²) in [5, 5.41) is 10.2. The fraction of sp³-hybridized carbons (Fsp3) is 0.692. The summed E-state index contributed by atoms with van der Waals surface area (Å²) in [6.07, 6.45) is 6.67. The first-order valence-corrected chi connectivity index (χ1v) is 6.48. The number of aryl methyl sites for hydroxylation is 1. The number of hydrogen-bond acceptors (Lipinski definition) is 2. The van der Waals surface area contributed by atoms with E-state index in [1.165, 1.54) is 5.56 Å². The summed E-state index contributed by atoms with van der Waals surface area (Å²) in [6, 6.07) is 0.140. The Morgan fingerprint density at radius 1 is 1.65 bits per heavy atom. The van der Waals surface area contributed by atoms with Gasteiger partial charge >= 0.3 is 0 Å². The van der Waals surface area contributed by atoms with Gasteiger partial charge in [-0.2, -0.15) is 5.10 Å². The van der Waals surface area contributed by atoms with E-state index in [0.717, 1.165) is 31.4 Å². The number of nitrogens with zero attached hydrogens (tertiary/aromatic N) is 1. The lowest BCUT2D eigenvalue weighted by Crippen LogP contribution is -2.31. The van der Waals surface area contributed by atoms with Crippen LogP contribution in [0.25, 0.3) is 0 Å². The zero-order valence-electron chi connectivity index (χ0n) is 10.6. The molecule has 1 heterocycles. The molecule has 1 amide bonds. The lowest BCUT2D eigenvalue weighted by atomic mass is 9.93. The average molecular weight is 235 g/mol. The van der Waals surface area contributed by atoms with Crippen molar-refractivity contribution in [3.63, 3.8) is 0 Å². The second-order valence-corrected chi connectivity index (χ2v) is 5.25. The van der Waals surface area contributed by atoms with Gasteiger partial charge < -0.3 is 5.32 Å². The van der Waals surface area contributed by atoms with Crippen molar-refractivity contribution >= 4 is 5.91 Å². The Kier molecular flexibility index (Phi) is 3.82. The van der Waals surface area contributed by atoms with E-state index in [0.29, 0.717) is 12.3 Å². The number of amides is 1. The SMILES string of the molecule is CC(C)CCC(=O)N[C@@H]1CCCc2cn[nH]c21. The van der Waals surface area contributed by atoms with Crippen molar-refractivity contribution in [3.05, 3.63) is 17.5 Å². The van der Waals surface area contributed by atoms with Crippen LogP contribution in [-0.4, -0.2) is 16.1 Å². The van der Waals surface area contributed by atoms with Crippen LogP contribution in [0.15, 0.2) is 6.20 Å². The minimum absolute atomic E-state index is 0.140. The molecule has 0 aromatic carbocycles. The molecule has 1 aliphatic carbocycles. The predicted molar refractivity (Wildman–Crippen MR) is 66.5 cm³/mol. The maximum absolute atomic E-state index is 11.8. The molecular weight excluding hydrogens is 214 g/mol. The molecule has 2 rings (SSSR count). The highest BCUT2D eigenvalue weighted by atomic mass is 16.1. The van der Waals surface area contributed by atoms with E-state index < -0.39 is 0 Å². The smallest absolute Gasteiger partial charge is 0.220 e. The van der Waals surface area contributed by atoms with Gasteiger partial charge in [0.15, 0.2) is 0 Å². The molecule has 4 heteroatoms. The minimum Gasteiger partial charge on any atom is -0.348 e. The number of aromatic nitrogens is 2. The molecule has 0 saturated heterocycles. The molecule has 94 valence electrons. The van der Waals surface area contributed by atoms with Crippen LogP contribution in [0.1, 0.15) is 56.8 Å². The summed E-state index contributed by atoms with van der Waals surface area (Å²) in [7, 11) is 0. The highest BCUT2D eigenvalue weighted by Crippen LogP contribution is 2.27. The Balaban J connectivity index is 1.90. The lowest BCUT2D eigenvalue weighted by Gasteiger charge is -2.23. The van der Waals surface area contributed by atoms with Gasteiger partial charge in [-0.25, -0.2) is 0 Å². The second kappa shape index (κ2) is 5.34. The molecule has 0 spiro atoms. The highest BCUT2D eigenvalue weighted by molar-refractivity contribution is 5.76. The molecule has 1 atom stereocenters. The van der Waals surface area contributed by atoms with E-state index in [4.69, 9.17) is 0 Å². The van der Waals surface area contributed by atoms with Gasteiger partial charge in [-0.05, 0) is 37.2 Å². The quantitative estimate of drug-likeness (QED) is 0.841. The van der Waals surface area contributed by atoms with Crippen molar-refractivity contribution in [1.82, 2.24) is 15.5 Å². The largest absolute Gasteiger partial charge is 0.348 e. The van der Waals surface area contributed by atoms with Gasteiger partial charge in [0.25, 0.3) is 0 Å². The van der Waals surface area contributed by atoms with Gasteiger partial charge in [0.05, 0.1) is 17.9 Å². The van der Waals surface area contributed by atoms with Crippen LogP contribution >= 0.6 is 0 Å². The summed E-state index contributed by atoms with van der Waals surface area (Å²) in [5.74, 6) is 0.737. The van der Waals surface area contributed by atoms with Crippen molar-refractivity contribution in [2.24, 2.45) is 5.92 Å². The number of H-pyrrole nitrogens is 1. The summed E-state index contributed by atoms with van der Waals surface area (Å²) in [5.41, 5.74) is 2.36. The summed E-state index contributed by atoms with van der Waals surface area (Å²) in [6.45, 7) is 4.28. The number of rotatable bonds is 4. The molecule has 0 radical (unpaired) electrons. The van der Waals surface area contributed by atoms with E-state index in [2.05, 4.69) is 29.4 Å². The number of carbonyl (C=O) groups excluding carboxylic acids is 1. The maximum Gasteiger partial charge on any atom is 0.220 e. The van der Waals surface area contributed by atoms with Crippen LogP contribution in [0.4, 0.5) is 0 Å². The number of fused-ring (bicyclic) bond motifs is 1. The average Bonchev–Trinajstić information content (AvgIpc) is 2.75. The molecule has 1 aromatic heterocycles. The summed E-state index contributed by atoms with van der Waals surface area (Å²) in [4.78, 5) is 11.8. The van der Waals surface area contributed by atoms with Gasteiger partial charge in [-0.15, -0.1) is 0 Å². The third-order valence-corrected chi connectivity index (χ3v) is 3.32. The molecular formula is C13H21N3O. The fourth-order valence-electron chi connectivity index (χ4n) is 2.29. The minimum atomic E-state index is 0.140. The zero-order valence-corrected chi connectivity index (χ0v) is 10.6. The molecule has 0 unspecified atom stereocenters. The lowest BCUT2D eigenvalue weighted by molar-refractivity contribution is -0.122. The Labute approximate surface area is 102 Å². The van der Waals surface area contributed by atoms with E-state index in [9.17, 15) is 4.79 Å². The van der Waals surface area contributed by atoms with Gasteiger partial charge in [0, 0.05) is 6.42 Å². The highest BCUT2D eigenvalue weighted by Gasteiger charge is 2.23. The monoisotopic (exact) mass is 235 g/mol. The Hall–Kier alpha value is -1.32. The predicted octanol–water partition coefficient (Wildman–Crippen LogP) is 2.34. The standard InChI is InChI=1S/C13H21N3O/c1-9(2)6-7-12(17)15-11-5-3-4-10-8-14-16-13(10)11/h8-9,11H,3-7H2,1-2H3,(H,14,16)(H,15,17)/t11-/m1/s1. The first-order valence-electron chi connectivity index (χ1n) is 6.48. The molecule has 4 nitrogen and oxygen atoms in total. The van der Waals surface area contributed by atoms with Crippen molar-refractivity contribution < 1.29 is 4.79 Å². The van der Waals surface area contributed by atoms with E-state index in [1.807, 2.05) is 6.20 Å². The van der Waals surface area contributed by atoms with Crippen LogP contribution in [0.5, 0.6) is 0 Å². The molecule has 0 aliphatic heterocycles. The number of aromatic amines is 1. The van der Waals surface area contributed by atoms with Gasteiger partial charge in [-0.1, -0.05) is 13.8 Å². The maximum atomic E-state index is 11.8. The molecule has 1 aliphatic rings. The van der Waals surface area contributed by atoms with Gasteiger partial charge in [0.2, 0.25) is 5.91 Å². The van der Waals surface area contributed by atoms with E-state index in [1.54, 1.807) is 0 Å². The first kappa shape index (κ1) is 12.1. The number of hydrogen-bond donors (Lipinski definition) is 2. The van der Waals surface area contributed by atoms with Crippen LogP contribution in [0.3, 0.4) is 0 Å². The van der Waals surface area contributed by atoms with E-state index in [-0.39, 0.29) is 11.9 Å². The van der Waals surface area contributed by atoms with E-state index >= 15 is 0 Å². The van der Waals surface area contributed by atoms with Crippen molar-refractivity contribution in [1.29, 1.82) is 0 Å². The van der Waals surface area contributed by atoms with Gasteiger partial charge in [0.1, 0.15) is 0 Å². The molecule has 0 fully saturated rings. The topological polar surface area (TPSA) is 57.8 Å². The first-order chi connectivity index (χ1) is 8.16. The van der Waals surface area contributed by atoms with Crippen molar-refractivity contribution in [3.8, 4) is 0 Å². The zero-order chi connectivity index (χ0) is 12.3. The molecule has 0 bridgehead atoms. The molecule has 1 aromatic rings. The van der Waals surface area contributed by atoms with Crippen LogP contribution in [0.2, 0.25) is 0 Å². The Bertz CT molecular complexity index is 384. The van der Waals surface area contributed by atoms with Crippen LogP contribution < -0.4 is 5.32 Å². The fourth-order valence-corrected chi connectivity index (χ4v) is 2.29. The Morgan fingerprint density at radius 3 is 3.24 bits per heavy atom. The van der Waals surface area contributed by atoms with Gasteiger partial charge in [-0.3, -0.25) is 9.89 Å². The third kappa shape index (κ3) is 3.08. The summed E-state index contributed by atoms with van der Waals surface area (Å²) >= 11 is 0. The molecule has 17 heavy (non-hydrogen) atoms.